The summed E-state index contributed by atoms with van der Waals surface area (Å²) in [7, 11) is 0. The Morgan fingerprint density at radius 3 is 1.71 bits per heavy atom. The van der Waals surface area contributed by atoms with Gasteiger partial charge in [0.1, 0.15) is 0 Å². The molecule has 0 N–H and O–H groups in total. The van der Waals surface area contributed by atoms with E-state index in [1.54, 1.807) is 0 Å². The highest BCUT2D eigenvalue weighted by atomic mass is 79.9. The fourth-order valence-corrected chi connectivity index (χ4v) is 4.39. The zero-order valence-corrected chi connectivity index (χ0v) is 15.6. The molecule has 0 unspecified atom stereocenters. The minimum absolute atomic E-state index is 1.10. The summed E-state index contributed by atoms with van der Waals surface area (Å²) in [4.78, 5) is 0. The Labute approximate surface area is 147 Å². The second kappa shape index (κ2) is 5.08. The van der Waals surface area contributed by atoms with Gasteiger partial charge in [-0.15, -0.1) is 0 Å². The molecule has 4 aromatic carbocycles. The van der Waals surface area contributed by atoms with Crippen LogP contribution in [0.15, 0.2) is 68.0 Å². The minimum atomic E-state index is 1.10. The molecule has 0 radical (unpaired) electrons. The van der Waals surface area contributed by atoms with Crippen LogP contribution in [0.25, 0.3) is 32.3 Å². The molecule has 0 saturated carbocycles. The SMILES string of the molecule is Brc1ccc2c(Br)cc3c4ccccc4c(Br)cc3c2c1. The molecule has 0 aliphatic heterocycles. The minimum Gasteiger partial charge on any atom is -0.0616 e. The predicted molar refractivity (Wildman–Crippen MR) is 102 cm³/mol. The van der Waals surface area contributed by atoms with E-state index in [9.17, 15) is 0 Å². The van der Waals surface area contributed by atoms with E-state index >= 15 is 0 Å². The molecule has 0 nitrogen and oxygen atoms in total. The smallest absolute Gasteiger partial charge is 0.0260 e. The van der Waals surface area contributed by atoms with Gasteiger partial charge in [-0.1, -0.05) is 78.1 Å². The molecular weight excluding hydrogens is 456 g/mol. The molecule has 102 valence electrons. The van der Waals surface area contributed by atoms with E-state index in [2.05, 4.69) is 102 Å². The van der Waals surface area contributed by atoms with Gasteiger partial charge in [0, 0.05) is 13.4 Å². The van der Waals surface area contributed by atoms with Crippen molar-refractivity contribution < 1.29 is 0 Å². The van der Waals surface area contributed by atoms with Gasteiger partial charge in [0.2, 0.25) is 0 Å². The average molecular weight is 465 g/mol. The van der Waals surface area contributed by atoms with Gasteiger partial charge in [-0.05, 0) is 56.6 Å². The topological polar surface area (TPSA) is 0 Å². The number of rotatable bonds is 0. The van der Waals surface area contributed by atoms with Crippen molar-refractivity contribution in [3.05, 3.63) is 68.0 Å². The summed E-state index contributed by atoms with van der Waals surface area (Å²) >= 11 is 11.0. The molecule has 0 fully saturated rings. The molecule has 0 saturated heterocycles. The highest BCUT2D eigenvalue weighted by Gasteiger charge is 2.10. The first-order valence-electron chi connectivity index (χ1n) is 6.54. The van der Waals surface area contributed by atoms with Crippen molar-refractivity contribution in [1.29, 1.82) is 0 Å². The largest absolute Gasteiger partial charge is 0.0616 e. The van der Waals surface area contributed by atoms with Gasteiger partial charge >= 0.3 is 0 Å². The van der Waals surface area contributed by atoms with Gasteiger partial charge in [-0.25, -0.2) is 0 Å². The highest BCUT2D eigenvalue weighted by molar-refractivity contribution is 9.11. The van der Waals surface area contributed by atoms with Crippen molar-refractivity contribution in [3.8, 4) is 0 Å². The van der Waals surface area contributed by atoms with Gasteiger partial charge in [-0.3, -0.25) is 0 Å². The zero-order valence-electron chi connectivity index (χ0n) is 10.8. The normalized spacial score (nSPS) is 11.6. The Kier molecular flexibility index (Phi) is 3.32. The Balaban J connectivity index is 2.35. The quantitative estimate of drug-likeness (QED) is 0.237. The van der Waals surface area contributed by atoms with Crippen LogP contribution >= 0.6 is 47.8 Å². The second-order valence-electron chi connectivity index (χ2n) is 5.05. The molecule has 0 spiro atoms. The fraction of sp³-hybridized carbons (Fsp3) is 0. The second-order valence-corrected chi connectivity index (χ2v) is 7.67. The molecule has 0 amide bonds. The molecule has 0 bridgehead atoms. The number of fused-ring (bicyclic) bond motifs is 5. The summed E-state index contributed by atoms with van der Waals surface area (Å²) in [6, 6.07) is 19.3. The first-order valence-corrected chi connectivity index (χ1v) is 8.92. The van der Waals surface area contributed by atoms with E-state index in [1.165, 1.54) is 32.3 Å². The first kappa shape index (κ1) is 13.7. The molecular formula is C18H9Br3. The van der Waals surface area contributed by atoms with Crippen molar-refractivity contribution in [2.24, 2.45) is 0 Å². The van der Waals surface area contributed by atoms with E-state index < -0.39 is 0 Å². The van der Waals surface area contributed by atoms with E-state index in [0.29, 0.717) is 0 Å². The lowest BCUT2D eigenvalue weighted by atomic mass is 9.97. The molecule has 0 aliphatic rings. The summed E-state index contributed by atoms with van der Waals surface area (Å²) < 4.78 is 3.36. The van der Waals surface area contributed by atoms with E-state index in [0.717, 1.165) is 13.4 Å². The van der Waals surface area contributed by atoms with Crippen LogP contribution in [-0.2, 0) is 0 Å². The van der Waals surface area contributed by atoms with Gasteiger partial charge < -0.3 is 0 Å². The van der Waals surface area contributed by atoms with Crippen LogP contribution < -0.4 is 0 Å². The van der Waals surface area contributed by atoms with Gasteiger partial charge in [0.15, 0.2) is 0 Å². The van der Waals surface area contributed by atoms with Crippen molar-refractivity contribution in [3.63, 3.8) is 0 Å². The Morgan fingerprint density at radius 1 is 0.476 bits per heavy atom. The molecule has 3 heteroatoms. The molecule has 4 aromatic rings. The summed E-state index contributed by atoms with van der Waals surface area (Å²) in [5.74, 6) is 0. The van der Waals surface area contributed by atoms with Gasteiger partial charge in [-0.2, -0.15) is 0 Å². The third-order valence-electron chi connectivity index (χ3n) is 3.84. The average Bonchev–Trinajstić information content (AvgIpc) is 2.49. The lowest BCUT2D eigenvalue weighted by Gasteiger charge is -2.11. The summed E-state index contributed by atoms with van der Waals surface area (Å²) in [6.45, 7) is 0. The summed E-state index contributed by atoms with van der Waals surface area (Å²) in [5.41, 5.74) is 0. The van der Waals surface area contributed by atoms with Crippen LogP contribution in [0.1, 0.15) is 0 Å². The fourth-order valence-electron chi connectivity index (χ4n) is 2.88. The Bertz CT molecular complexity index is 1020. The van der Waals surface area contributed by atoms with E-state index in [-0.39, 0.29) is 0 Å². The third kappa shape index (κ3) is 2.14. The van der Waals surface area contributed by atoms with Crippen LogP contribution in [0.3, 0.4) is 0 Å². The number of hydrogen-bond donors (Lipinski definition) is 0. The summed E-state index contributed by atoms with van der Waals surface area (Å²) in [6.07, 6.45) is 0. The third-order valence-corrected chi connectivity index (χ3v) is 5.64. The lowest BCUT2D eigenvalue weighted by Crippen LogP contribution is -1.84. The standard InChI is InChI=1S/C18H9Br3/c19-10-5-6-13-14(7-10)16-9-17(20)12-4-2-1-3-11(12)15(16)8-18(13)21/h1-9H. The maximum Gasteiger partial charge on any atom is 0.0260 e. The van der Waals surface area contributed by atoms with Crippen LogP contribution in [0.4, 0.5) is 0 Å². The van der Waals surface area contributed by atoms with Gasteiger partial charge in [0.05, 0.1) is 0 Å². The van der Waals surface area contributed by atoms with E-state index in [1.807, 2.05) is 0 Å². The maximum absolute atomic E-state index is 3.72. The Morgan fingerprint density at radius 2 is 1.00 bits per heavy atom. The van der Waals surface area contributed by atoms with E-state index in [4.69, 9.17) is 0 Å². The molecule has 0 aromatic heterocycles. The molecule has 21 heavy (non-hydrogen) atoms. The predicted octanol–water partition coefficient (Wildman–Crippen LogP) is 7.43. The summed E-state index contributed by atoms with van der Waals surface area (Å²) in [5, 5.41) is 7.52. The number of hydrogen-bond acceptors (Lipinski definition) is 0. The highest BCUT2D eigenvalue weighted by Crippen LogP contribution is 2.39. The number of benzene rings is 4. The van der Waals surface area contributed by atoms with Gasteiger partial charge in [0.25, 0.3) is 0 Å². The van der Waals surface area contributed by atoms with Crippen molar-refractivity contribution >= 4 is 80.1 Å². The molecule has 0 aliphatic carbocycles. The first-order chi connectivity index (χ1) is 10.1. The van der Waals surface area contributed by atoms with Crippen LogP contribution in [0, 0.1) is 0 Å². The maximum atomic E-state index is 3.72. The van der Waals surface area contributed by atoms with Crippen molar-refractivity contribution in [2.75, 3.05) is 0 Å². The lowest BCUT2D eigenvalue weighted by molar-refractivity contribution is 1.70. The molecule has 0 heterocycles. The zero-order chi connectivity index (χ0) is 14.6. The van der Waals surface area contributed by atoms with Crippen LogP contribution in [0.2, 0.25) is 0 Å². The van der Waals surface area contributed by atoms with Crippen molar-refractivity contribution in [1.82, 2.24) is 0 Å². The number of halogens is 3. The van der Waals surface area contributed by atoms with Crippen LogP contribution in [-0.4, -0.2) is 0 Å². The van der Waals surface area contributed by atoms with Crippen molar-refractivity contribution in [2.45, 2.75) is 0 Å². The van der Waals surface area contributed by atoms with Crippen LogP contribution in [0.5, 0.6) is 0 Å². The monoisotopic (exact) mass is 462 g/mol. The molecule has 0 atom stereocenters. The Hall–Kier alpha value is -0.900. The molecule has 4 rings (SSSR count).